The van der Waals surface area contributed by atoms with Gasteiger partial charge in [-0.1, -0.05) is 0 Å². The van der Waals surface area contributed by atoms with Crippen molar-refractivity contribution in [2.45, 2.75) is 0 Å². The lowest BCUT2D eigenvalue weighted by molar-refractivity contribution is -0.113. The number of nitrogens with zero attached hydrogens (tertiary/aromatic N) is 1. The van der Waals surface area contributed by atoms with E-state index in [0.717, 1.165) is 6.20 Å². The van der Waals surface area contributed by atoms with Crippen molar-refractivity contribution in [2.75, 3.05) is 0 Å². The molecule has 0 atom stereocenters. The average Bonchev–Trinajstić information content (AvgIpc) is 1.68. The van der Waals surface area contributed by atoms with Gasteiger partial charge in [-0.25, -0.2) is 4.99 Å². The second-order valence-electron chi connectivity index (χ2n) is 0.924. The molecule has 8 heavy (non-hydrogen) atoms. The Kier molecular flexibility index (Phi) is 4.53. The minimum absolute atomic E-state index is 0.332. The average molecular weight is 224 g/mol. The second kappa shape index (κ2) is 4.76. The molecule has 0 aromatic rings. The molecule has 0 radical (unpaired) electrons. The summed E-state index contributed by atoms with van der Waals surface area (Å²) >= 11 is 1.86. The number of carbonyl (C=O) groups is 1. The molecule has 0 unspecified atom stereocenters. The third-order valence-corrected chi connectivity index (χ3v) is 0.693. The predicted octanol–water partition coefficient (Wildman–Crippen LogP) is 0.449. The highest BCUT2D eigenvalue weighted by Crippen LogP contribution is 1.77. The van der Waals surface area contributed by atoms with Gasteiger partial charge in [-0.3, -0.25) is 4.79 Å². The number of rotatable bonds is 1. The summed E-state index contributed by atoms with van der Waals surface area (Å²) in [6.45, 7) is 0. The SMILES string of the molecule is N/C=C\C(=O)N=CI. The van der Waals surface area contributed by atoms with Crippen molar-refractivity contribution in [1.29, 1.82) is 0 Å². The Hall–Kier alpha value is -0.390. The Morgan fingerprint density at radius 1 is 1.75 bits per heavy atom. The van der Waals surface area contributed by atoms with E-state index in [2.05, 4.69) is 4.99 Å². The standard InChI is InChI=1S/C4H5IN2O/c5-3-7-4(8)1-2-6/h1-3H,6H2/b2-1-,7-3?. The molecule has 44 valence electrons. The molecule has 0 aliphatic rings. The summed E-state index contributed by atoms with van der Waals surface area (Å²) in [6.07, 6.45) is 2.35. The molecule has 0 saturated heterocycles. The maximum absolute atomic E-state index is 10.3. The highest BCUT2D eigenvalue weighted by Gasteiger charge is 1.83. The van der Waals surface area contributed by atoms with Gasteiger partial charge in [0, 0.05) is 6.08 Å². The largest absolute Gasteiger partial charge is 0.404 e. The van der Waals surface area contributed by atoms with E-state index in [1.807, 2.05) is 22.6 Å². The van der Waals surface area contributed by atoms with Crippen LogP contribution >= 0.6 is 22.6 Å². The van der Waals surface area contributed by atoms with Crippen molar-refractivity contribution in [2.24, 2.45) is 10.7 Å². The Morgan fingerprint density at radius 3 is 2.75 bits per heavy atom. The molecule has 0 bridgehead atoms. The van der Waals surface area contributed by atoms with Crippen LogP contribution in [-0.2, 0) is 4.79 Å². The van der Waals surface area contributed by atoms with E-state index in [4.69, 9.17) is 5.73 Å². The Balaban J connectivity index is 3.66. The van der Waals surface area contributed by atoms with E-state index in [1.165, 1.54) is 10.3 Å². The number of nitrogens with two attached hydrogens (primary N) is 1. The van der Waals surface area contributed by atoms with Crippen LogP contribution in [0.4, 0.5) is 0 Å². The smallest absolute Gasteiger partial charge is 0.271 e. The van der Waals surface area contributed by atoms with E-state index in [1.54, 1.807) is 0 Å². The zero-order valence-electron chi connectivity index (χ0n) is 4.04. The van der Waals surface area contributed by atoms with Gasteiger partial charge in [0.05, 0.1) is 4.22 Å². The van der Waals surface area contributed by atoms with Gasteiger partial charge in [0.2, 0.25) is 0 Å². The van der Waals surface area contributed by atoms with Gasteiger partial charge < -0.3 is 5.73 Å². The van der Waals surface area contributed by atoms with Crippen LogP contribution in [0.3, 0.4) is 0 Å². The molecule has 0 aliphatic carbocycles. The second-order valence-corrected chi connectivity index (χ2v) is 1.48. The Labute approximate surface area is 60.8 Å². The molecular weight excluding hydrogens is 219 g/mol. The molecule has 0 spiro atoms. The zero-order valence-corrected chi connectivity index (χ0v) is 6.20. The minimum Gasteiger partial charge on any atom is -0.404 e. The van der Waals surface area contributed by atoms with Gasteiger partial charge >= 0.3 is 0 Å². The minimum atomic E-state index is -0.332. The van der Waals surface area contributed by atoms with Crippen molar-refractivity contribution >= 4 is 32.7 Å². The topological polar surface area (TPSA) is 55.5 Å². The fourth-order valence-corrected chi connectivity index (χ4v) is 0.448. The van der Waals surface area contributed by atoms with Gasteiger partial charge in [-0.05, 0) is 28.8 Å². The predicted molar refractivity (Wildman–Crippen MR) is 40.8 cm³/mol. The van der Waals surface area contributed by atoms with Crippen LogP contribution in [0.15, 0.2) is 17.3 Å². The lowest BCUT2D eigenvalue weighted by atomic mass is 10.6. The molecule has 4 heteroatoms. The number of halogens is 1. The zero-order chi connectivity index (χ0) is 6.41. The first-order valence-electron chi connectivity index (χ1n) is 1.86. The van der Waals surface area contributed by atoms with Gasteiger partial charge in [0.25, 0.3) is 5.91 Å². The van der Waals surface area contributed by atoms with Crippen molar-refractivity contribution in [3.05, 3.63) is 12.3 Å². The van der Waals surface area contributed by atoms with Crippen LogP contribution in [0, 0.1) is 0 Å². The maximum Gasteiger partial charge on any atom is 0.271 e. The monoisotopic (exact) mass is 224 g/mol. The van der Waals surface area contributed by atoms with Gasteiger partial charge in [0.1, 0.15) is 0 Å². The van der Waals surface area contributed by atoms with Crippen LogP contribution in [0.2, 0.25) is 0 Å². The lowest BCUT2D eigenvalue weighted by Gasteiger charge is -1.74. The number of hydrogen-bond donors (Lipinski definition) is 1. The summed E-state index contributed by atoms with van der Waals surface area (Å²) in [5.74, 6) is -0.332. The number of aliphatic imine (C=N–C) groups is 1. The van der Waals surface area contributed by atoms with Crippen LogP contribution < -0.4 is 5.73 Å². The maximum atomic E-state index is 10.3. The molecule has 0 rings (SSSR count). The van der Waals surface area contributed by atoms with E-state index in [-0.39, 0.29) is 5.91 Å². The molecule has 0 heterocycles. The first-order chi connectivity index (χ1) is 3.81. The first-order valence-corrected chi connectivity index (χ1v) is 3.11. The van der Waals surface area contributed by atoms with Gasteiger partial charge in [-0.15, -0.1) is 0 Å². The molecular formula is C4H5IN2O. The summed E-state index contributed by atoms with van der Waals surface area (Å²) in [4.78, 5) is 13.6. The molecule has 2 N–H and O–H groups in total. The molecule has 0 aliphatic heterocycles. The van der Waals surface area contributed by atoms with Crippen molar-refractivity contribution < 1.29 is 4.79 Å². The van der Waals surface area contributed by atoms with E-state index in [0.29, 0.717) is 0 Å². The van der Waals surface area contributed by atoms with Gasteiger partial charge in [-0.2, -0.15) is 0 Å². The van der Waals surface area contributed by atoms with E-state index >= 15 is 0 Å². The quantitative estimate of drug-likeness (QED) is 0.399. The normalized spacial score (nSPS) is 11.1. The summed E-state index contributed by atoms with van der Waals surface area (Å²) in [7, 11) is 0. The lowest BCUT2D eigenvalue weighted by Crippen LogP contribution is -1.87. The number of amides is 1. The van der Waals surface area contributed by atoms with Crippen molar-refractivity contribution in [3.8, 4) is 0 Å². The van der Waals surface area contributed by atoms with Crippen LogP contribution in [0.25, 0.3) is 0 Å². The molecule has 0 aromatic carbocycles. The summed E-state index contributed by atoms with van der Waals surface area (Å²) in [6, 6.07) is 0. The highest BCUT2D eigenvalue weighted by molar-refractivity contribution is 14.1. The number of hydrogen-bond acceptors (Lipinski definition) is 2. The molecule has 1 amide bonds. The van der Waals surface area contributed by atoms with E-state index in [9.17, 15) is 4.79 Å². The third-order valence-electron chi connectivity index (χ3n) is 0.415. The summed E-state index contributed by atoms with van der Waals surface area (Å²) in [5, 5.41) is 0. The Morgan fingerprint density at radius 2 is 2.38 bits per heavy atom. The molecule has 3 nitrogen and oxygen atoms in total. The molecule has 0 aromatic heterocycles. The van der Waals surface area contributed by atoms with Gasteiger partial charge in [0.15, 0.2) is 0 Å². The molecule has 0 fully saturated rings. The number of carbonyl (C=O) groups excluding carboxylic acids is 1. The Bertz CT molecular complexity index is 116. The third kappa shape index (κ3) is 3.79. The van der Waals surface area contributed by atoms with Crippen LogP contribution in [0.5, 0.6) is 0 Å². The van der Waals surface area contributed by atoms with Crippen LogP contribution in [-0.4, -0.2) is 10.1 Å². The summed E-state index contributed by atoms with van der Waals surface area (Å²) in [5.41, 5.74) is 4.88. The van der Waals surface area contributed by atoms with Crippen LogP contribution in [0.1, 0.15) is 0 Å². The fraction of sp³-hybridized carbons (Fsp3) is 0. The molecule has 0 saturated carbocycles. The van der Waals surface area contributed by atoms with E-state index < -0.39 is 0 Å². The van der Waals surface area contributed by atoms with Crippen molar-refractivity contribution in [1.82, 2.24) is 0 Å². The summed E-state index contributed by atoms with van der Waals surface area (Å²) < 4.78 is 1.39. The van der Waals surface area contributed by atoms with Crippen molar-refractivity contribution in [3.63, 3.8) is 0 Å². The fourth-order valence-electron chi connectivity index (χ4n) is 0.173. The highest BCUT2D eigenvalue weighted by atomic mass is 127. The first kappa shape index (κ1) is 7.61.